The van der Waals surface area contributed by atoms with E-state index in [1.165, 1.54) is 18.4 Å². The van der Waals surface area contributed by atoms with Crippen molar-refractivity contribution in [2.24, 2.45) is 0 Å². The molecule has 0 aromatic heterocycles. The molecule has 0 radical (unpaired) electrons. The summed E-state index contributed by atoms with van der Waals surface area (Å²) in [7, 11) is 0. The first kappa shape index (κ1) is 16.1. The van der Waals surface area contributed by atoms with E-state index in [4.69, 9.17) is 4.74 Å². The molecule has 0 unspecified atom stereocenters. The van der Waals surface area contributed by atoms with E-state index in [0.29, 0.717) is 18.4 Å². The normalized spacial score (nSPS) is 27.0. The minimum atomic E-state index is 0.100. The fourth-order valence-electron chi connectivity index (χ4n) is 4.58. The molecule has 130 valence electrons. The van der Waals surface area contributed by atoms with Crippen LogP contribution in [-0.2, 0) is 9.53 Å². The number of hydrogen-bond donors (Lipinski definition) is 0. The van der Waals surface area contributed by atoms with Crippen LogP contribution in [0.25, 0.3) is 0 Å². The lowest BCUT2D eigenvalue weighted by atomic mass is 9.88. The zero-order chi connectivity index (χ0) is 16.4. The summed E-state index contributed by atoms with van der Waals surface area (Å²) >= 11 is 0. The third kappa shape index (κ3) is 3.35. The van der Waals surface area contributed by atoms with Crippen molar-refractivity contribution < 1.29 is 9.53 Å². The van der Waals surface area contributed by atoms with Gasteiger partial charge in [-0.2, -0.15) is 0 Å². The Bertz CT molecular complexity index is 558. The average Bonchev–Trinajstić information content (AvgIpc) is 3.26. The Labute approximate surface area is 144 Å². The molecular formula is C20H28N2O2. The Morgan fingerprint density at radius 3 is 2.62 bits per heavy atom. The number of likely N-dealkylation sites (tertiary alicyclic amines) is 2. The summed E-state index contributed by atoms with van der Waals surface area (Å²) in [5, 5.41) is 0. The second-order valence-corrected chi connectivity index (χ2v) is 7.65. The van der Waals surface area contributed by atoms with Gasteiger partial charge < -0.3 is 9.64 Å². The quantitative estimate of drug-likeness (QED) is 0.855. The predicted octanol–water partition coefficient (Wildman–Crippen LogP) is 2.65. The first-order valence-corrected chi connectivity index (χ1v) is 9.43. The van der Waals surface area contributed by atoms with Gasteiger partial charge in [0.05, 0.1) is 12.1 Å². The number of ether oxygens (including phenoxy) is 1. The van der Waals surface area contributed by atoms with Crippen LogP contribution in [0.15, 0.2) is 30.3 Å². The number of benzene rings is 1. The van der Waals surface area contributed by atoms with Gasteiger partial charge in [0.1, 0.15) is 0 Å². The van der Waals surface area contributed by atoms with E-state index in [0.717, 1.165) is 52.0 Å². The van der Waals surface area contributed by atoms with E-state index in [1.54, 1.807) is 0 Å². The van der Waals surface area contributed by atoms with Crippen molar-refractivity contribution in [3.63, 3.8) is 0 Å². The number of amides is 1. The molecule has 1 atom stereocenters. The molecule has 24 heavy (non-hydrogen) atoms. The molecule has 4 nitrogen and oxygen atoms in total. The maximum absolute atomic E-state index is 12.6. The highest BCUT2D eigenvalue weighted by molar-refractivity contribution is 5.78. The molecule has 3 fully saturated rings. The van der Waals surface area contributed by atoms with E-state index in [1.807, 2.05) is 0 Å². The molecule has 3 heterocycles. The number of nitrogens with zero attached hydrogens (tertiary/aromatic N) is 2. The van der Waals surface area contributed by atoms with Gasteiger partial charge in [-0.3, -0.25) is 9.69 Å². The summed E-state index contributed by atoms with van der Waals surface area (Å²) in [6.45, 7) is 5.27. The zero-order valence-corrected chi connectivity index (χ0v) is 14.5. The molecular weight excluding hydrogens is 300 g/mol. The molecule has 3 aliphatic rings. The minimum absolute atomic E-state index is 0.100. The lowest BCUT2D eigenvalue weighted by Gasteiger charge is -2.39. The highest BCUT2D eigenvalue weighted by Crippen LogP contribution is 2.35. The van der Waals surface area contributed by atoms with E-state index in [9.17, 15) is 4.79 Å². The third-order valence-electron chi connectivity index (χ3n) is 6.11. The fraction of sp³-hybridized carbons (Fsp3) is 0.650. The molecule has 1 amide bonds. The van der Waals surface area contributed by atoms with E-state index in [2.05, 4.69) is 40.1 Å². The van der Waals surface area contributed by atoms with E-state index in [-0.39, 0.29) is 5.60 Å². The van der Waals surface area contributed by atoms with Crippen molar-refractivity contribution in [1.82, 2.24) is 9.80 Å². The van der Waals surface area contributed by atoms with Crippen LogP contribution in [0, 0.1) is 0 Å². The number of carbonyl (C=O) groups excluding carboxylic acids is 1. The lowest BCUT2D eigenvalue weighted by molar-refractivity contribution is -0.137. The van der Waals surface area contributed by atoms with Crippen molar-refractivity contribution in [3.05, 3.63) is 35.9 Å². The van der Waals surface area contributed by atoms with Crippen LogP contribution in [0.3, 0.4) is 0 Å². The monoisotopic (exact) mass is 328 g/mol. The van der Waals surface area contributed by atoms with Crippen molar-refractivity contribution in [3.8, 4) is 0 Å². The second-order valence-electron chi connectivity index (χ2n) is 7.65. The summed E-state index contributed by atoms with van der Waals surface area (Å²) in [5.74, 6) is 0.882. The SMILES string of the molecule is O=C(CN1CC[C@H](c2ccccc2)C1)N1CCC2(CCCO2)CC1. The van der Waals surface area contributed by atoms with Gasteiger partial charge in [0.2, 0.25) is 5.91 Å². The highest BCUT2D eigenvalue weighted by atomic mass is 16.5. The Balaban J connectivity index is 1.27. The predicted molar refractivity (Wildman–Crippen MR) is 94.0 cm³/mol. The molecule has 0 saturated carbocycles. The fourth-order valence-corrected chi connectivity index (χ4v) is 4.58. The Kier molecular flexibility index (Phi) is 4.59. The summed E-state index contributed by atoms with van der Waals surface area (Å²) < 4.78 is 5.96. The van der Waals surface area contributed by atoms with E-state index < -0.39 is 0 Å². The van der Waals surface area contributed by atoms with Crippen LogP contribution in [0.1, 0.15) is 43.6 Å². The molecule has 3 saturated heterocycles. The van der Waals surface area contributed by atoms with Gasteiger partial charge in [-0.05, 0) is 50.1 Å². The van der Waals surface area contributed by atoms with Gasteiger partial charge in [0.25, 0.3) is 0 Å². The second kappa shape index (κ2) is 6.85. The topological polar surface area (TPSA) is 32.8 Å². The third-order valence-corrected chi connectivity index (χ3v) is 6.11. The Morgan fingerprint density at radius 2 is 1.92 bits per heavy atom. The number of hydrogen-bond acceptors (Lipinski definition) is 3. The minimum Gasteiger partial charge on any atom is -0.375 e. The van der Waals surface area contributed by atoms with Crippen molar-refractivity contribution in [1.29, 1.82) is 0 Å². The molecule has 4 heteroatoms. The van der Waals surface area contributed by atoms with Gasteiger partial charge in [-0.15, -0.1) is 0 Å². The van der Waals surface area contributed by atoms with Gasteiger partial charge in [-0.1, -0.05) is 30.3 Å². The van der Waals surface area contributed by atoms with Crippen LogP contribution in [0.2, 0.25) is 0 Å². The summed E-state index contributed by atoms with van der Waals surface area (Å²) in [4.78, 5) is 17.0. The number of piperidine rings is 1. The van der Waals surface area contributed by atoms with Crippen LogP contribution >= 0.6 is 0 Å². The molecule has 3 aliphatic heterocycles. The highest BCUT2D eigenvalue weighted by Gasteiger charge is 2.39. The van der Waals surface area contributed by atoms with Crippen LogP contribution in [0.5, 0.6) is 0 Å². The van der Waals surface area contributed by atoms with Crippen molar-refractivity contribution in [2.75, 3.05) is 39.3 Å². The van der Waals surface area contributed by atoms with Crippen molar-refractivity contribution in [2.45, 2.75) is 43.6 Å². The van der Waals surface area contributed by atoms with Crippen LogP contribution in [0.4, 0.5) is 0 Å². The van der Waals surface area contributed by atoms with Gasteiger partial charge in [0.15, 0.2) is 0 Å². The zero-order valence-electron chi connectivity index (χ0n) is 14.5. The average molecular weight is 328 g/mol. The molecule has 0 bridgehead atoms. The van der Waals surface area contributed by atoms with Crippen LogP contribution in [-0.4, -0.2) is 60.6 Å². The Morgan fingerprint density at radius 1 is 1.12 bits per heavy atom. The first-order valence-electron chi connectivity index (χ1n) is 9.43. The van der Waals surface area contributed by atoms with Crippen LogP contribution < -0.4 is 0 Å². The van der Waals surface area contributed by atoms with Gasteiger partial charge in [-0.25, -0.2) is 0 Å². The van der Waals surface area contributed by atoms with Crippen molar-refractivity contribution >= 4 is 5.91 Å². The molecule has 1 aromatic carbocycles. The summed E-state index contributed by atoms with van der Waals surface area (Å²) in [6, 6.07) is 10.7. The number of carbonyl (C=O) groups is 1. The van der Waals surface area contributed by atoms with Gasteiger partial charge >= 0.3 is 0 Å². The summed E-state index contributed by atoms with van der Waals surface area (Å²) in [6.07, 6.45) is 5.56. The standard InChI is InChI=1S/C20H28N2O2/c23-19(22-12-9-20(10-13-22)8-4-14-24-20)16-21-11-7-18(15-21)17-5-2-1-3-6-17/h1-3,5-6,18H,4,7-16H2/t18-/m0/s1. The summed E-state index contributed by atoms with van der Waals surface area (Å²) in [5.41, 5.74) is 1.51. The molecule has 4 rings (SSSR count). The number of rotatable bonds is 3. The van der Waals surface area contributed by atoms with E-state index >= 15 is 0 Å². The lowest BCUT2D eigenvalue weighted by Crippen LogP contribution is -2.48. The Hall–Kier alpha value is -1.39. The molecule has 1 aromatic rings. The van der Waals surface area contributed by atoms with Gasteiger partial charge in [0, 0.05) is 26.2 Å². The molecule has 0 N–H and O–H groups in total. The molecule has 1 spiro atoms. The maximum atomic E-state index is 12.6. The first-order chi connectivity index (χ1) is 11.7. The molecule has 0 aliphatic carbocycles. The smallest absolute Gasteiger partial charge is 0.236 e. The maximum Gasteiger partial charge on any atom is 0.236 e. The largest absolute Gasteiger partial charge is 0.375 e.